The summed E-state index contributed by atoms with van der Waals surface area (Å²) in [6, 6.07) is 0. The van der Waals surface area contributed by atoms with Gasteiger partial charge in [-0.05, 0) is 25.8 Å². The number of carbonyl (C=O) groups is 1. The molecule has 1 aliphatic heterocycles. The summed E-state index contributed by atoms with van der Waals surface area (Å²) in [7, 11) is 3.07. The first kappa shape index (κ1) is 21.6. The Morgan fingerprint density at radius 1 is 1.21 bits per heavy atom. The normalized spacial score (nSPS) is 19.7. The molecule has 1 saturated heterocycles. The Balaban J connectivity index is 1.99. The van der Waals surface area contributed by atoms with Crippen LogP contribution < -0.4 is 11.2 Å². The average Bonchev–Trinajstić information content (AvgIpc) is 2.68. The van der Waals surface area contributed by atoms with Crippen molar-refractivity contribution in [3.8, 4) is 0 Å². The second-order valence-electron chi connectivity index (χ2n) is 7.61. The maximum Gasteiger partial charge on any atom is 0.332 e. The predicted molar refractivity (Wildman–Crippen MR) is 114 cm³/mol. The van der Waals surface area contributed by atoms with Crippen LogP contribution in [0.15, 0.2) is 20.7 Å². The van der Waals surface area contributed by atoms with E-state index in [1.807, 2.05) is 18.7 Å². The lowest BCUT2D eigenvalue weighted by Gasteiger charge is -2.35. The van der Waals surface area contributed by atoms with Crippen LogP contribution >= 0.6 is 11.8 Å². The zero-order valence-corrected chi connectivity index (χ0v) is 18.4. The smallest absolute Gasteiger partial charge is 0.332 e. The number of rotatable bonds is 5. The minimum atomic E-state index is -0.415. The van der Waals surface area contributed by atoms with Crippen LogP contribution in [0, 0.1) is 0 Å². The zero-order valence-electron chi connectivity index (χ0n) is 17.6. The number of fused-ring (bicyclic) bond motifs is 1. The first-order chi connectivity index (χ1) is 13.7. The number of aromatic nitrogens is 3. The van der Waals surface area contributed by atoms with Gasteiger partial charge in [0.15, 0.2) is 0 Å². The molecule has 1 aliphatic rings. The van der Waals surface area contributed by atoms with Crippen molar-refractivity contribution in [2.24, 2.45) is 14.1 Å². The first-order valence-electron chi connectivity index (χ1n) is 9.88. The van der Waals surface area contributed by atoms with Gasteiger partial charge in [0.1, 0.15) is 5.65 Å². The molecule has 0 aromatic carbocycles. The van der Waals surface area contributed by atoms with Gasteiger partial charge < -0.3 is 9.64 Å². The first-order valence-corrected chi connectivity index (χ1v) is 10.9. The van der Waals surface area contributed by atoms with Crippen molar-refractivity contribution in [1.82, 2.24) is 19.0 Å². The van der Waals surface area contributed by atoms with E-state index in [-0.39, 0.29) is 29.4 Å². The SMILES string of the molecule is CCCc1cnc2c(c1SCC(=O)N1C[C@@H](C)O[C@@H](C)C1)c(=O)n(C)c(=O)n2C. The van der Waals surface area contributed by atoms with Crippen LogP contribution in [0.1, 0.15) is 32.8 Å². The Hall–Kier alpha value is -2.13. The number of ether oxygens (including phenoxy) is 1. The molecule has 0 bridgehead atoms. The lowest BCUT2D eigenvalue weighted by molar-refractivity contribution is -0.140. The summed E-state index contributed by atoms with van der Waals surface area (Å²) in [6.07, 6.45) is 3.37. The quantitative estimate of drug-likeness (QED) is 0.678. The van der Waals surface area contributed by atoms with Gasteiger partial charge in [0, 0.05) is 38.3 Å². The minimum absolute atomic E-state index is 0.00641. The number of pyridine rings is 1. The summed E-state index contributed by atoms with van der Waals surface area (Å²) in [6.45, 7) is 7.11. The van der Waals surface area contributed by atoms with Gasteiger partial charge in [-0.15, -0.1) is 11.8 Å². The number of amides is 1. The van der Waals surface area contributed by atoms with Gasteiger partial charge in [-0.1, -0.05) is 13.3 Å². The summed E-state index contributed by atoms with van der Waals surface area (Å²) < 4.78 is 8.18. The van der Waals surface area contributed by atoms with Crippen molar-refractivity contribution in [1.29, 1.82) is 0 Å². The second kappa shape index (κ2) is 8.71. The summed E-state index contributed by atoms with van der Waals surface area (Å²) in [5.74, 6) is 0.243. The lowest BCUT2D eigenvalue weighted by Crippen LogP contribution is -2.48. The number of morpholine rings is 1. The zero-order chi connectivity index (χ0) is 21.3. The molecule has 1 amide bonds. The summed E-state index contributed by atoms with van der Waals surface area (Å²) in [4.78, 5) is 44.9. The van der Waals surface area contributed by atoms with Crippen molar-refractivity contribution >= 4 is 28.7 Å². The fourth-order valence-corrected chi connectivity index (χ4v) is 4.87. The summed E-state index contributed by atoms with van der Waals surface area (Å²) in [5.41, 5.74) is 0.484. The number of thioether (sulfide) groups is 1. The molecule has 0 saturated carbocycles. The fourth-order valence-electron chi connectivity index (χ4n) is 3.76. The van der Waals surface area contributed by atoms with E-state index in [1.54, 1.807) is 13.2 Å². The molecule has 2 aromatic heterocycles. The van der Waals surface area contributed by atoms with E-state index < -0.39 is 5.69 Å². The predicted octanol–water partition coefficient (Wildman–Crippen LogP) is 1.31. The summed E-state index contributed by atoms with van der Waals surface area (Å²) in [5, 5.41) is 0.405. The molecular formula is C20H28N4O4S. The Labute approximate surface area is 173 Å². The Morgan fingerprint density at radius 2 is 1.86 bits per heavy atom. The molecular weight excluding hydrogens is 392 g/mol. The van der Waals surface area contributed by atoms with Gasteiger partial charge in [-0.3, -0.25) is 18.7 Å². The largest absolute Gasteiger partial charge is 0.372 e. The third-order valence-corrected chi connectivity index (χ3v) is 6.27. The van der Waals surface area contributed by atoms with Crippen molar-refractivity contribution < 1.29 is 9.53 Å². The van der Waals surface area contributed by atoms with Gasteiger partial charge in [0.2, 0.25) is 5.91 Å². The van der Waals surface area contributed by atoms with Crippen LogP contribution in [0.2, 0.25) is 0 Å². The summed E-state index contributed by atoms with van der Waals surface area (Å²) >= 11 is 1.36. The van der Waals surface area contributed by atoms with E-state index in [0.29, 0.717) is 24.1 Å². The van der Waals surface area contributed by atoms with Crippen molar-refractivity contribution in [2.75, 3.05) is 18.8 Å². The van der Waals surface area contributed by atoms with Gasteiger partial charge >= 0.3 is 5.69 Å². The minimum Gasteiger partial charge on any atom is -0.372 e. The molecule has 29 heavy (non-hydrogen) atoms. The molecule has 0 spiro atoms. The molecule has 0 radical (unpaired) electrons. The standard InChI is InChI=1S/C20H28N4O4S/c1-6-7-14-8-21-18-16(19(26)23(5)20(27)22(18)4)17(14)29-11-15(25)24-9-12(2)28-13(3)10-24/h8,12-13H,6-7,9-11H2,1-5H3/t12-,13+. The monoisotopic (exact) mass is 420 g/mol. The highest BCUT2D eigenvalue weighted by atomic mass is 32.2. The van der Waals surface area contributed by atoms with Gasteiger partial charge in [-0.25, -0.2) is 9.78 Å². The molecule has 9 heteroatoms. The topological polar surface area (TPSA) is 86.4 Å². The van der Waals surface area contributed by atoms with E-state index in [4.69, 9.17) is 4.74 Å². The second-order valence-corrected chi connectivity index (χ2v) is 8.60. The molecule has 3 heterocycles. The molecule has 8 nitrogen and oxygen atoms in total. The number of aryl methyl sites for hydroxylation is 2. The molecule has 0 N–H and O–H groups in total. The molecule has 3 rings (SSSR count). The Kier molecular flexibility index (Phi) is 6.48. The lowest BCUT2D eigenvalue weighted by atomic mass is 10.1. The van der Waals surface area contributed by atoms with Crippen LogP contribution in [0.4, 0.5) is 0 Å². The molecule has 0 unspecified atom stereocenters. The third-order valence-electron chi connectivity index (χ3n) is 5.13. The van der Waals surface area contributed by atoms with E-state index in [9.17, 15) is 14.4 Å². The van der Waals surface area contributed by atoms with Crippen molar-refractivity contribution in [2.45, 2.75) is 50.7 Å². The van der Waals surface area contributed by atoms with E-state index in [2.05, 4.69) is 11.9 Å². The molecule has 1 fully saturated rings. The Bertz CT molecular complexity index is 1040. The van der Waals surface area contributed by atoms with Gasteiger partial charge in [-0.2, -0.15) is 0 Å². The van der Waals surface area contributed by atoms with Crippen LogP contribution in [0.25, 0.3) is 11.0 Å². The molecule has 2 atom stereocenters. The highest BCUT2D eigenvalue weighted by Gasteiger charge is 2.26. The maximum atomic E-state index is 12.9. The highest BCUT2D eigenvalue weighted by molar-refractivity contribution is 8.00. The van der Waals surface area contributed by atoms with E-state index in [1.165, 1.54) is 23.4 Å². The van der Waals surface area contributed by atoms with E-state index in [0.717, 1.165) is 27.9 Å². The highest BCUT2D eigenvalue weighted by Crippen LogP contribution is 2.29. The number of nitrogens with zero attached hydrogens (tertiary/aromatic N) is 4. The van der Waals surface area contributed by atoms with Crippen LogP contribution in [-0.4, -0.2) is 56.0 Å². The van der Waals surface area contributed by atoms with Gasteiger partial charge in [0.25, 0.3) is 5.56 Å². The van der Waals surface area contributed by atoms with E-state index >= 15 is 0 Å². The fraction of sp³-hybridized carbons (Fsp3) is 0.600. The number of carbonyl (C=O) groups excluding carboxylic acids is 1. The molecule has 158 valence electrons. The van der Waals surface area contributed by atoms with Crippen molar-refractivity contribution in [3.63, 3.8) is 0 Å². The number of hydrogen-bond acceptors (Lipinski definition) is 6. The van der Waals surface area contributed by atoms with Crippen molar-refractivity contribution in [3.05, 3.63) is 32.6 Å². The van der Waals surface area contributed by atoms with Gasteiger partial charge in [0.05, 0.1) is 23.3 Å². The maximum absolute atomic E-state index is 12.9. The number of hydrogen-bond donors (Lipinski definition) is 0. The third kappa shape index (κ3) is 4.25. The van der Waals surface area contributed by atoms with Crippen LogP contribution in [0.5, 0.6) is 0 Å². The Morgan fingerprint density at radius 3 is 2.48 bits per heavy atom. The molecule has 2 aromatic rings. The van der Waals surface area contributed by atoms with Crippen LogP contribution in [-0.2, 0) is 30.0 Å². The molecule has 0 aliphatic carbocycles. The average molecular weight is 421 g/mol. The van der Waals surface area contributed by atoms with Crippen LogP contribution in [0.3, 0.4) is 0 Å².